The summed E-state index contributed by atoms with van der Waals surface area (Å²) in [6, 6.07) is 4.26. The van der Waals surface area contributed by atoms with Gasteiger partial charge in [0.05, 0.1) is 4.92 Å². The molecule has 0 aromatic heterocycles. The number of halogens is 1. The Morgan fingerprint density at radius 2 is 1.76 bits per heavy atom. The lowest BCUT2D eigenvalue weighted by Crippen LogP contribution is -2.23. The lowest BCUT2D eigenvalue weighted by atomic mass is 9.74. The minimum absolute atomic E-state index is 0.0734. The first-order valence-corrected chi connectivity index (χ1v) is 5.95. The molecule has 1 aromatic rings. The molecule has 0 spiro atoms. The third-order valence-corrected chi connectivity index (χ3v) is 3.79. The molecule has 0 radical (unpaired) electrons. The first-order valence-electron chi connectivity index (χ1n) is 5.95. The van der Waals surface area contributed by atoms with Gasteiger partial charge in [-0.15, -0.1) is 0 Å². The SMILES string of the molecule is CCC(CC)(CC)c1ccc([N+](=O)[O-])c(F)c1. The van der Waals surface area contributed by atoms with E-state index in [1.54, 1.807) is 6.07 Å². The smallest absolute Gasteiger partial charge is 0.258 e. The zero-order valence-electron chi connectivity index (χ0n) is 10.5. The van der Waals surface area contributed by atoms with Crippen LogP contribution in [0.2, 0.25) is 0 Å². The van der Waals surface area contributed by atoms with E-state index in [2.05, 4.69) is 20.8 Å². The predicted octanol–water partition coefficient (Wildman–Crippen LogP) is 4.20. The topological polar surface area (TPSA) is 43.1 Å². The highest BCUT2D eigenvalue weighted by Crippen LogP contribution is 2.36. The number of hydrogen-bond donors (Lipinski definition) is 0. The zero-order valence-corrected chi connectivity index (χ0v) is 10.5. The minimum Gasteiger partial charge on any atom is -0.258 e. The van der Waals surface area contributed by atoms with Crippen molar-refractivity contribution in [3.8, 4) is 0 Å². The molecule has 0 N–H and O–H groups in total. The van der Waals surface area contributed by atoms with Crippen LogP contribution in [0, 0.1) is 15.9 Å². The van der Waals surface area contributed by atoms with Crippen LogP contribution in [0.25, 0.3) is 0 Å². The average molecular weight is 239 g/mol. The average Bonchev–Trinajstić information content (AvgIpc) is 2.32. The van der Waals surface area contributed by atoms with Crippen LogP contribution in [0.5, 0.6) is 0 Å². The van der Waals surface area contributed by atoms with Gasteiger partial charge in [-0.25, -0.2) is 0 Å². The van der Waals surface area contributed by atoms with E-state index in [1.807, 2.05) is 0 Å². The van der Waals surface area contributed by atoms with Gasteiger partial charge in [0.15, 0.2) is 0 Å². The Bertz CT molecular complexity index is 406. The first-order chi connectivity index (χ1) is 8.00. The van der Waals surface area contributed by atoms with Gasteiger partial charge in [-0.05, 0) is 36.3 Å². The molecule has 0 unspecified atom stereocenters. The van der Waals surface area contributed by atoms with E-state index in [1.165, 1.54) is 12.1 Å². The van der Waals surface area contributed by atoms with E-state index < -0.39 is 16.4 Å². The van der Waals surface area contributed by atoms with Crippen molar-refractivity contribution < 1.29 is 9.31 Å². The van der Waals surface area contributed by atoms with Crippen LogP contribution in [0.15, 0.2) is 18.2 Å². The maximum Gasteiger partial charge on any atom is 0.304 e. The van der Waals surface area contributed by atoms with Crippen molar-refractivity contribution in [2.24, 2.45) is 0 Å². The Labute approximate surface area is 101 Å². The molecule has 0 bridgehead atoms. The molecule has 0 aliphatic heterocycles. The molecular weight excluding hydrogens is 221 g/mol. The number of hydrogen-bond acceptors (Lipinski definition) is 2. The van der Waals surface area contributed by atoms with Gasteiger partial charge in [-0.3, -0.25) is 10.1 Å². The maximum atomic E-state index is 13.6. The van der Waals surface area contributed by atoms with Crippen LogP contribution >= 0.6 is 0 Å². The largest absolute Gasteiger partial charge is 0.304 e. The third-order valence-electron chi connectivity index (χ3n) is 3.79. The Kier molecular flexibility index (Phi) is 4.21. The predicted molar refractivity (Wildman–Crippen MR) is 65.6 cm³/mol. The van der Waals surface area contributed by atoms with Crippen molar-refractivity contribution in [2.45, 2.75) is 45.4 Å². The number of nitro benzene ring substituents is 1. The molecule has 0 amide bonds. The third kappa shape index (κ3) is 2.46. The van der Waals surface area contributed by atoms with E-state index >= 15 is 0 Å². The highest BCUT2D eigenvalue weighted by Gasteiger charge is 2.28. The molecule has 0 aliphatic rings. The number of benzene rings is 1. The van der Waals surface area contributed by atoms with Crippen molar-refractivity contribution in [3.05, 3.63) is 39.7 Å². The fraction of sp³-hybridized carbons (Fsp3) is 0.538. The van der Waals surface area contributed by atoms with Gasteiger partial charge in [-0.2, -0.15) is 4.39 Å². The number of nitro groups is 1. The van der Waals surface area contributed by atoms with E-state index in [9.17, 15) is 14.5 Å². The Morgan fingerprint density at radius 1 is 1.24 bits per heavy atom. The lowest BCUT2D eigenvalue weighted by molar-refractivity contribution is -0.387. The second-order valence-electron chi connectivity index (χ2n) is 4.26. The Morgan fingerprint density at radius 3 is 2.12 bits per heavy atom. The summed E-state index contributed by atoms with van der Waals surface area (Å²) in [5.41, 5.74) is 0.328. The zero-order chi connectivity index (χ0) is 13.1. The van der Waals surface area contributed by atoms with Crippen LogP contribution in [0.1, 0.15) is 45.6 Å². The van der Waals surface area contributed by atoms with Gasteiger partial charge in [0.2, 0.25) is 5.82 Å². The molecule has 3 nitrogen and oxygen atoms in total. The second kappa shape index (κ2) is 5.25. The minimum atomic E-state index is -0.743. The van der Waals surface area contributed by atoms with Gasteiger partial charge >= 0.3 is 5.69 Å². The van der Waals surface area contributed by atoms with E-state index in [0.717, 1.165) is 24.8 Å². The molecule has 0 aliphatic carbocycles. The molecule has 0 saturated carbocycles. The highest BCUT2D eigenvalue weighted by molar-refractivity contribution is 5.38. The number of nitrogens with zero attached hydrogens (tertiary/aromatic N) is 1. The van der Waals surface area contributed by atoms with Gasteiger partial charge in [-0.1, -0.05) is 26.8 Å². The fourth-order valence-corrected chi connectivity index (χ4v) is 2.35. The van der Waals surface area contributed by atoms with Crippen molar-refractivity contribution >= 4 is 5.69 Å². The molecule has 0 fully saturated rings. The fourth-order valence-electron chi connectivity index (χ4n) is 2.35. The van der Waals surface area contributed by atoms with Crippen LogP contribution in [0.3, 0.4) is 0 Å². The second-order valence-corrected chi connectivity index (χ2v) is 4.26. The number of rotatable bonds is 5. The molecule has 94 valence electrons. The normalized spacial score (nSPS) is 11.5. The monoisotopic (exact) mass is 239 g/mol. The molecule has 0 saturated heterocycles. The lowest BCUT2D eigenvalue weighted by Gasteiger charge is -2.31. The van der Waals surface area contributed by atoms with Crippen LogP contribution in [-0.4, -0.2) is 4.92 Å². The summed E-state index contributed by atoms with van der Waals surface area (Å²) in [5.74, 6) is -0.743. The van der Waals surface area contributed by atoms with Gasteiger partial charge in [0.1, 0.15) is 0 Å². The molecule has 4 heteroatoms. The highest BCUT2D eigenvalue weighted by atomic mass is 19.1. The van der Waals surface area contributed by atoms with Crippen molar-refractivity contribution in [1.82, 2.24) is 0 Å². The van der Waals surface area contributed by atoms with Crippen LogP contribution < -0.4 is 0 Å². The Hall–Kier alpha value is -1.45. The maximum absolute atomic E-state index is 13.6. The summed E-state index contributed by atoms with van der Waals surface area (Å²) >= 11 is 0. The van der Waals surface area contributed by atoms with Crippen molar-refractivity contribution in [2.75, 3.05) is 0 Å². The summed E-state index contributed by atoms with van der Waals surface area (Å²) in [4.78, 5) is 9.87. The van der Waals surface area contributed by atoms with Crippen molar-refractivity contribution in [1.29, 1.82) is 0 Å². The van der Waals surface area contributed by atoms with Crippen LogP contribution in [-0.2, 0) is 5.41 Å². The first kappa shape index (κ1) is 13.6. The standard InChI is InChI=1S/C13H18FNO2/c1-4-13(5-2,6-3)10-7-8-12(15(16)17)11(14)9-10/h7-9H,4-6H2,1-3H3. The molecule has 1 aromatic carbocycles. The molecule has 0 atom stereocenters. The molecule has 0 heterocycles. The summed E-state index contributed by atoms with van der Waals surface area (Å²) in [5, 5.41) is 10.6. The van der Waals surface area contributed by atoms with Crippen LogP contribution in [0.4, 0.5) is 10.1 Å². The van der Waals surface area contributed by atoms with Crippen molar-refractivity contribution in [3.63, 3.8) is 0 Å². The quantitative estimate of drug-likeness (QED) is 0.570. The van der Waals surface area contributed by atoms with Gasteiger partial charge < -0.3 is 0 Å². The summed E-state index contributed by atoms with van der Waals surface area (Å²) in [6.45, 7) is 6.19. The van der Waals surface area contributed by atoms with E-state index in [4.69, 9.17) is 0 Å². The Balaban J connectivity index is 3.24. The molecule has 17 heavy (non-hydrogen) atoms. The summed E-state index contributed by atoms with van der Waals surface area (Å²) < 4.78 is 13.6. The molecular formula is C13H18FNO2. The van der Waals surface area contributed by atoms with E-state index in [-0.39, 0.29) is 5.41 Å². The molecule has 1 rings (SSSR count). The van der Waals surface area contributed by atoms with E-state index in [0.29, 0.717) is 0 Å². The van der Waals surface area contributed by atoms with Gasteiger partial charge in [0, 0.05) is 6.07 Å². The van der Waals surface area contributed by atoms with Gasteiger partial charge in [0.25, 0.3) is 0 Å². The summed E-state index contributed by atoms with van der Waals surface area (Å²) in [6.07, 6.45) is 2.70. The summed E-state index contributed by atoms with van der Waals surface area (Å²) in [7, 11) is 0.